The SMILES string of the molecule is CCOC(=O)CC(c1ccsc1)N1CCCCC1. The third-order valence-electron chi connectivity index (χ3n) is 3.42. The lowest BCUT2D eigenvalue weighted by Gasteiger charge is -2.33. The van der Waals surface area contributed by atoms with E-state index in [4.69, 9.17) is 4.74 Å². The van der Waals surface area contributed by atoms with E-state index < -0.39 is 0 Å². The smallest absolute Gasteiger partial charge is 0.307 e. The standard InChI is InChI=1S/C14H21NO2S/c1-2-17-14(16)10-13(12-6-9-18-11-12)15-7-4-3-5-8-15/h6,9,11,13H,2-5,7-8,10H2,1H3. The fourth-order valence-electron chi connectivity index (χ4n) is 2.53. The number of likely N-dealkylation sites (tertiary alicyclic amines) is 1. The van der Waals surface area contributed by atoms with Gasteiger partial charge in [-0.15, -0.1) is 0 Å². The number of carbonyl (C=O) groups is 1. The van der Waals surface area contributed by atoms with E-state index >= 15 is 0 Å². The second-order valence-electron chi connectivity index (χ2n) is 4.68. The fourth-order valence-corrected chi connectivity index (χ4v) is 3.24. The van der Waals surface area contributed by atoms with Gasteiger partial charge in [0, 0.05) is 6.04 Å². The van der Waals surface area contributed by atoms with Crippen molar-refractivity contribution in [3.8, 4) is 0 Å². The molecular weight excluding hydrogens is 246 g/mol. The van der Waals surface area contributed by atoms with Gasteiger partial charge in [-0.1, -0.05) is 6.42 Å². The van der Waals surface area contributed by atoms with Crippen molar-refractivity contribution >= 4 is 17.3 Å². The number of hydrogen-bond acceptors (Lipinski definition) is 4. The number of rotatable bonds is 5. The van der Waals surface area contributed by atoms with E-state index in [1.165, 1.54) is 24.8 Å². The molecule has 0 saturated carbocycles. The molecule has 0 radical (unpaired) electrons. The van der Waals surface area contributed by atoms with Crippen LogP contribution in [0.2, 0.25) is 0 Å². The Bertz CT molecular complexity index is 358. The molecule has 0 aromatic carbocycles. The maximum absolute atomic E-state index is 11.7. The Morgan fingerprint density at radius 1 is 1.44 bits per heavy atom. The predicted molar refractivity (Wildman–Crippen MR) is 73.7 cm³/mol. The summed E-state index contributed by atoms with van der Waals surface area (Å²) in [5.74, 6) is -0.0840. The molecule has 18 heavy (non-hydrogen) atoms. The van der Waals surface area contributed by atoms with E-state index in [-0.39, 0.29) is 12.0 Å². The fraction of sp³-hybridized carbons (Fsp3) is 0.643. The highest BCUT2D eigenvalue weighted by molar-refractivity contribution is 7.07. The zero-order valence-electron chi connectivity index (χ0n) is 10.9. The highest BCUT2D eigenvalue weighted by Crippen LogP contribution is 2.29. The van der Waals surface area contributed by atoms with Crippen LogP contribution in [0.3, 0.4) is 0 Å². The minimum Gasteiger partial charge on any atom is -0.466 e. The van der Waals surface area contributed by atoms with Crippen molar-refractivity contribution in [2.75, 3.05) is 19.7 Å². The van der Waals surface area contributed by atoms with Crippen LogP contribution in [0.5, 0.6) is 0 Å². The molecule has 0 aliphatic carbocycles. The van der Waals surface area contributed by atoms with Gasteiger partial charge in [-0.2, -0.15) is 11.3 Å². The largest absolute Gasteiger partial charge is 0.466 e. The van der Waals surface area contributed by atoms with Gasteiger partial charge in [-0.3, -0.25) is 9.69 Å². The summed E-state index contributed by atoms with van der Waals surface area (Å²) in [6.07, 6.45) is 4.27. The van der Waals surface area contributed by atoms with E-state index in [1.54, 1.807) is 11.3 Å². The molecule has 3 nitrogen and oxygen atoms in total. The summed E-state index contributed by atoms with van der Waals surface area (Å²) in [5, 5.41) is 4.23. The van der Waals surface area contributed by atoms with Gasteiger partial charge in [0.25, 0.3) is 0 Å². The molecule has 2 heterocycles. The Labute approximate surface area is 113 Å². The molecule has 4 heteroatoms. The van der Waals surface area contributed by atoms with Gasteiger partial charge in [0.15, 0.2) is 0 Å². The molecule has 1 aromatic rings. The van der Waals surface area contributed by atoms with Crippen molar-refractivity contribution in [1.82, 2.24) is 4.90 Å². The molecule has 2 rings (SSSR count). The second-order valence-corrected chi connectivity index (χ2v) is 5.46. The number of hydrogen-bond donors (Lipinski definition) is 0. The van der Waals surface area contributed by atoms with Crippen molar-refractivity contribution < 1.29 is 9.53 Å². The number of thiophene rings is 1. The first-order valence-electron chi connectivity index (χ1n) is 6.73. The van der Waals surface area contributed by atoms with Crippen molar-refractivity contribution in [2.45, 2.75) is 38.6 Å². The predicted octanol–water partition coefficient (Wildman–Crippen LogP) is 3.23. The number of esters is 1. The number of ether oxygens (including phenoxy) is 1. The molecule has 1 saturated heterocycles. The minimum atomic E-state index is -0.0840. The van der Waals surface area contributed by atoms with Crippen LogP contribution in [0.25, 0.3) is 0 Å². The van der Waals surface area contributed by atoms with Crippen LogP contribution in [0.4, 0.5) is 0 Å². The van der Waals surface area contributed by atoms with Crippen molar-refractivity contribution in [3.63, 3.8) is 0 Å². The molecule has 1 unspecified atom stereocenters. The molecule has 1 aliphatic rings. The maximum atomic E-state index is 11.7. The van der Waals surface area contributed by atoms with E-state index in [2.05, 4.69) is 21.7 Å². The molecule has 0 bridgehead atoms. The average Bonchev–Trinajstić information content (AvgIpc) is 2.91. The quantitative estimate of drug-likeness (QED) is 0.767. The Morgan fingerprint density at radius 3 is 2.83 bits per heavy atom. The van der Waals surface area contributed by atoms with Crippen LogP contribution in [0.15, 0.2) is 16.8 Å². The highest BCUT2D eigenvalue weighted by atomic mass is 32.1. The zero-order valence-corrected chi connectivity index (χ0v) is 11.7. The summed E-state index contributed by atoms with van der Waals surface area (Å²) in [4.78, 5) is 14.2. The molecule has 0 amide bonds. The van der Waals surface area contributed by atoms with Crippen LogP contribution in [0.1, 0.15) is 44.2 Å². The Balaban J connectivity index is 2.05. The van der Waals surface area contributed by atoms with Crippen molar-refractivity contribution in [1.29, 1.82) is 0 Å². The molecule has 1 aromatic heterocycles. The first kappa shape index (κ1) is 13.6. The molecule has 100 valence electrons. The highest BCUT2D eigenvalue weighted by Gasteiger charge is 2.25. The molecule has 0 N–H and O–H groups in total. The minimum absolute atomic E-state index is 0.0840. The molecule has 1 fully saturated rings. The maximum Gasteiger partial charge on any atom is 0.307 e. The normalized spacial score (nSPS) is 18.5. The molecular formula is C14H21NO2S. The number of nitrogens with zero attached hydrogens (tertiary/aromatic N) is 1. The molecule has 0 spiro atoms. The first-order chi connectivity index (χ1) is 8.81. The number of piperidine rings is 1. The van der Waals surface area contributed by atoms with Crippen LogP contribution in [-0.2, 0) is 9.53 Å². The Morgan fingerprint density at radius 2 is 2.22 bits per heavy atom. The van der Waals surface area contributed by atoms with Gasteiger partial charge in [0.05, 0.1) is 13.0 Å². The summed E-state index contributed by atoms with van der Waals surface area (Å²) in [5.41, 5.74) is 1.26. The topological polar surface area (TPSA) is 29.5 Å². The van der Waals surface area contributed by atoms with E-state index in [0.717, 1.165) is 13.1 Å². The van der Waals surface area contributed by atoms with Gasteiger partial charge >= 0.3 is 5.97 Å². The summed E-state index contributed by atoms with van der Waals surface area (Å²) in [6.45, 7) is 4.52. The van der Waals surface area contributed by atoms with Gasteiger partial charge in [0.1, 0.15) is 0 Å². The van der Waals surface area contributed by atoms with Crippen molar-refractivity contribution in [2.24, 2.45) is 0 Å². The lowest BCUT2D eigenvalue weighted by molar-refractivity contribution is -0.144. The lowest BCUT2D eigenvalue weighted by Crippen LogP contribution is -2.35. The van der Waals surface area contributed by atoms with Crippen LogP contribution >= 0.6 is 11.3 Å². The summed E-state index contributed by atoms with van der Waals surface area (Å²) < 4.78 is 5.10. The van der Waals surface area contributed by atoms with E-state index in [0.29, 0.717) is 13.0 Å². The van der Waals surface area contributed by atoms with Crippen LogP contribution in [-0.4, -0.2) is 30.6 Å². The zero-order chi connectivity index (χ0) is 12.8. The Hall–Kier alpha value is -0.870. The summed E-state index contributed by atoms with van der Waals surface area (Å²) >= 11 is 1.69. The Kier molecular flexibility index (Phi) is 5.20. The van der Waals surface area contributed by atoms with Gasteiger partial charge in [0.2, 0.25) is 0 Å². The second kappa shape index (κ2) is 6.90. The van der Waals surface area contributed by atoms with Gasteiger partial charge in [-0.05, 0) is 55.2 Å². The summed E-state index contributed by atoms with van der Waals surface area (Å²) in [6, 6.07) is 2.33. The van der Waals surface area contributed by atoms with E-state index in [9.17, 15) is 4.79 Å². The molecule has 1 atom stereocenters. The number of carbonyl (C=O) groups excluding carboxylic acids is 1. The third-order valence-corrected chi connectivity index (χ3v) is 4.13. The van der Waals surface area contributed by atoms with Crippen LogP contribution < -0.4 is 0 Å². The van der Waals surface area contributed by atoms with Crippen molar-refractivity contribution in [3.05, 3.63) is 22.4 Å². The van der Waals surface area contributed by atoms with Gasteiger partial charge in [-0.25, -0.2) is 0 Å². The monoisotopic (exact) mass is 267 g/mol. The summed E-state index contributed by atoms with van der Waals surface area (Å²) in [7, 11) is 0. The van der Waals surface area contributed by atoms with Gasteiger partial charge < -0.3 is 4.74 Å². The first-order valence-corrected chi connectivity index (χ1v) is 7.67. The van der Waals surface area contributed by atoms with Crippen LogP contribution in [0, 0.1) is 0 Å². The lowest BCUT2D eigenvalue weighted by atomic mass is 10.0. The average molecular weight is 267 g/mol. The third kappa shape index (κ3) is 3.56. The molecule has 1 aliphatic heterocycles. The van der Waals surface area contributed by atoms with E-state index in [1.807, 2.05) is 6.92 Å².